The van der Waals surface area contributed by atoms with E-state index in [1.54, 1.807) is 11.3 Å². The zero-order chi connectivity index (χ0) is 14.0. The molecule has 0 aromatic carbocycles. The van der Waals surface area contributed by atoms with Crippen LogP contribution in [-0.2, 0) is 11.8 Å². The number of hydrogen-bond acceptors (Lipinski definition) is 6. The molecule has 20 heavy (non-hydrogen) atoms. The first-order valence-corrected chi connectivity index (χ1v) is 8.04. The SMILES string of the molecule is Cc1csc(Cc2noc(C3(CN)CCCCC3)n2)n1. The Hall–Kier alpha value is -1.27. The predicted octanol–water partition coefficient (Wildman–Crippen LogP) is 2.59. The molecule has 0 bridgehead atoms. The molecule has 0 aliphatic heterocycles. The van der Waals surface area contributed by atoms with Gasteiger partial charge in [0.25, 0.3) is 0 Å². The number of nitrogens with two attached hydrogens (primary N) is 1. The molecule has 2 aromatic rings. The average Bonchev–Trinajstić information content (AvgIpc) is 3.10. The van der Waals surface area contributed by atoms with Gasteiger partial charge in [-0.3, -0.25) is 0 Å². The number of aromatic nitrogens is 3. The third-order valence-corrected chi connectivity index (χ3v) is 5.07. The van der Waals surface area contributed by atoms with Gasteiger partial charge in [0, 0.05) is 17.6 Å². The fourth-order valence-corrected chi connectivity index (χ4v) is 3.66. The minimum absolute atomic E-state index is 0.0949. The first kappa shape index (κ1) is 13.7. The van der Waals surface area contributed by atoms with E-state index in [1.807, 2.05) is 12.3 Å². The van der Waals surface area contributed by atoms with Crippen molar-refractivity contribution in [1.82, 2.24) is 15.1 Å². The maximum atomic E-state index is 6.00. The summed E-state index contributed by atoms with van der Waals surface area (Å²) in [4.78, 5) is 9.03. The molecule has 1 aliphatic rings. The third-order valence-electron chi connectivity index (χ3n) is 4.10. The van der Waals surface area contributed by atoms with Crippen LogP contribution in [0.25, 0.3) is 0 Å². The van der Waals surface area contributed by atoms with Gasteiger partial charge in [-0.15, -0.1) is 11.3 Å². The van der Waals surface area contributed by atoms with Gasteiger partial charge < -0.3 is 10.3 Å². The summed E-state index contributed by atoms with van der Waals surface area (Å²) in [6.45, 7) is 2.58. The van der Waals surface area contributed by atoms with Gasteiger partial charge in [-0.1, -0.05) is 24.4 Å². The third kappa shape index (κ3) is 2.62. The van der Waals surface area contributed by atoms with Crippen LogP contribution in [0.15, 0.2) is 9.90 Å². The summed E-state index contributed by atoms with van der Waals surface area (Å²) in [5, 5.41) is 7.18. The molecule has 0 unspecified atom stereocenters. The summed E-state index contributed by atoms with van der Waals surface area (Å²) < 4.78 is 5.51. The van der Waals surface area contributed by atoms with Crippen molar-refractivity contribution in [3.8, 4) is 0 Å². The molecule has 0 amide bonds. The van der Waals surface area contributed by atoms with Gasteiger partial charge in [0.2, 0.25) is 5.89 Å². The van der Waals surface area contributed by atoms with Crippen LogP contribution in [0.4, 0.5) is 0 Å². The largest absolute Gasteiger partial charge is 0.339 e. The molecule has 1 saturated carbocycles. The summed E-state index contributed by atoms with van der Waals surface area (Å²) >= 11 is 1.64. The van der Waals surface area contributed by atoms with Crippen LogP contribution in [0.2, 0.25) is 0 Å². The van der Waals surface area contributed by atoms with Crippen LogP contribution < -0.4 is 5.73 Å². The van der Waals surface area contributed by atoms with Gasteiger partial charge in [0.05, 0.1) is 11.8 Å². The molecule has 3 rings (SSSR count). The van der Waals surface area contributed by atoms with E-state index in [4.69, 9.17) is 10.3 Å². The lowest BCUT2D eigenvalue weighted by molar-refractivity contribution is 0.219. The Bertz CT molecular complexity index is 571. The van der Waals surface area contributed by atoms with E-state index in [0.29, 0.717) is 18.8 Å². The Morgan fingerprint density at radius 1 is 1.30 bits per heavy atom. The van der Waals surface area contributed by atoms with Crippen molar-refractivity contribution in [2.45, 2.75) is 50.9 Å². The maximum absolute atomic E-state index is 6.00. The lowest BCUT2D eigenvalue weighted by Crippen LogP contribution is -2.37. The van der Waals surface area contributed by atoms with Gasteiger partial charge in [0.1, 0.15) is 5.01 Å². The lowest BCUT2D eigenvalue weighted by atomic mass is 9.74. The van der Waals surface area contributed by atoms with Crippen molar-refractivity contribution in [2.24, 2.45) is 5.73 Å². The normalized spacial score (nSPS) is 18.3. The highest BCUT2D eigenvalue weighted by molar-refractivity contribution is 7.09. The molecule has 6 heteroatoms. The Kier molecular flexibility index (Phi) is 3.85. The Morgan fingerprint density at radius 3 is 2.75 bits per heavy atom. The van der Waals surface area contributed by atoms with Crippen molar-refractivity contribution >= 4 is 11.3 Å². The van der Waals surface area contributed by atoms with Gasteiger partial charge in [-0.25, -0.2) is 4.98 Å². The summed E-state index contributed by atoms with van der Waals surface area (Å²) in [6, 6.07) is 0. The summed E-state index contributed by atoms with van der Waals surface area (Å²) in [6.07, 6.45) is 6.42. The maximum Gasteiger partial charge on any atom is 0.234 e. The second kappa shape index (κ2) is 5.61. The van der Waals surface area contributed by atoms with Crippen LogP contribution >= 0.6 is 11.3 Å². The number of hydrogen-bond donors (Lipinski definition) is 1. The second-order valence-corrected chi connectivity index (χ2v) is 6.56. The van der Waals surface area contributed by atoms with E-state index >= 15 is 0 Å². The molecule has 0 saturated heterocycles. The number of rotatable bonds is 4. The van der Waals surface area contributed by atoms with Gasteiger partial charge >= 0.3 is 0 Å². The zero-order valence-electron chi connectivity index (χ0n) is 11.8. The van der Waals surface area contributed by atoms with Crippen molar-refractivity contribution in [1.29, 1.82) is 0 Å². The van der Waals surface area contributed by atoms with E-state index in [-0.39, 0.29) is 5.41 Å². The molecule has 0 radical (unpaired) electrons. The first-order valence-electron chi connectivity index (χ1n) is 7.16. The van der Waals surface area contributed by atoms with Gasteiger partial charge in [0.15, 0.2) is 5.82 Å². The van der Waals surface area contributed by atoms with Crippen molar-refractivity contribution in [3.63, 3.8) is 0 Å². The monoisotopic (exact) mass is 292 g/mol. The molecular formula is C14H20N4OS. The Morgan fingerprint density at radius 2 is 2.10 bits per heavy atom. The second-order valence-electron chi connectivity index (χ2n) is 5.62. The van der Waals surface area contributed by atoms with E-state index in [0.717, 1.165) is 29.4 Å². The molecule has 0 atom stereocenters. The van der Waals surface area contributed by atoms with Crippen LogP contribution in [0.3, 0.4) is 0 Å². The van der Waals surface area contributed by atoms with Crippen molar-refractivity contribution < 1.29 is 4.52 Å². The summed E-state index contributed by atoms with van der Waals surface area (Å²) in [7, 11) is 0. The first-order chi connectivity index (χ1) is 9.72. The van der Waals surface area contributed by atoms with Crippen molar-refractivity contribution in [2.75, 3.05) is 6.54 Å². The zero-order valence-corrected chi connectivity index (χ0v) is 12.6. The van der Waals surface area contributed by atoms with Crippen LogP contribution in [0.5, 0.6) is 0 Å². The standard InChI is InChI=1S/C14H20N4OS/c1-10-8-20-12(16-10)7-11-17-13(19-18-11)14(9-15)5-3-2-4-6-14/h8H,2-7,9,15H2,1H3. The number of thiazole rings is 1. The van der Waals surface area contributed by atoms with E-state index < -0.39 is 0 Å². The molecular weight excluding hydrogens is 272 g/mol. The topological polar surface area (TPSA) is 77.8 Å². The predicted molar refractivity (Wildman–Crippen MR) is 77.8 cm³/mol. The lowest BCUT2D eigenvalue weighted by Gasteiger charge is -2.32. The summed E-state index contributed by atoms with van der Waals surface area (Å²) in [5.74, 6) is 1.44. The quantitative estimate of drug-likeness (QED) is 0.937. The number of nitrogens with zero attached hydrogens (tertiary/aromatic N) is 3. The highest BCUT2D eigenvalue weighted by Gasteiger charge is 2.37. The van der Waals surface area contributed by atoms with E-state index in [2.05, 4.69) is 15.1 Å². The fourth-order valence-electron chi connectivity index (χ4n) is 2.89. The highest BCUT2D eigenvalue weighted by Crippen LogP contribution is 2.37. The average molecular weight is 292 g/mol. The molecule has 5 nitrogen and oxygen atoms in total. The molecule has 2 heterocycles. The molecule has 0 spiro atoms. The minimum atomic E-state index is -0.0949. The van der Waals surface area contributed by atoms with Crippen molar-refractivity contribution in [3.05, 3.63) is 27.8 Å². The minimum Gasteiger partial charge on any atom is -0.339 e. The Labute approximate surface area is 122 Å². The van der Waals surface area contributed by atoms with Crippen LogP contribution in [0.1, 0.15) is 54.5 Å². The van der Waals surface area contributed by atoms with E-state index in [1.165, 1.54) is 19.3 Å². The number of aryl methyl sites for hydroxylation is 1. The Balaban J connectivity index is 1.78. The van der Waals surface area contributed by atoms with Gasteiger partial charge in [-0.2, -0.15) is 4.98 Å². The molecule has 1 aliphatic carbocycles. The van der Waals surface area contributed by atoms with Gasteiger partial charge in [-0.05, 0) is 19.8 Å². The van der Waals surface area contributed by atoms with Crippen LogP contribution in [0, 0.1) is 6.92 Å². The fraction of sp³-hybridized carbons (Fsp3) is 0.643. The van der Waals surface area contributed by atoms with E-state index in [9.17, 15) is 0 Å². The highest BCUT2D eigenvalue weighted by atomic mass is 32.1. The van der Waals surface area contributed by atoms with Crippen LogP contribution in [-0.4, -0.2) is 21.7 Å². The molecule has 2 aromatic heterocycles. The molecule has 2 N–H and O–H groups in total. The molecule has 1 fully saturated rings. The summed E-state index contributed by atoms with van der Waals surface area (Å²) in [5.41, 5.74) is 6.94. The smallest absolute Gasteiger partial charge is 0.234 e. The molecule has 108 valence electrons.